The van der Waals surface area contributed by atoms with Crippen molar-refractivity contribution in [1.29, 1.82) is 0 Å². The molecular weight excluding hydrogens is 272 g/mol. The molecule has 0 bridgehead atoms. The van der Waals surface area contributed by atoms with Crippen LogP contribution in [0.1, 0.15) is 18.9 Å². The van der Waals surface area contributed by atoms with Crippen molar-refractivity contribution < 1.29 is 19.0 Å². The van der Waals surface area contributed by atoms with E-state index in [1.54, 1.807) is 0 Å². The number of primary amides is 1. The summed E-state index contributed by atoms with van der Waals surface area (Å²) >= 11 is 0. The number of ether oxygens (including phenoxy) is 3. The third-order valence-corrected chi connectivity index (χ3v) is 3.29. The Morgan fingerprint density at radius 3 is 3.05 bits per heavy atom. The summed E-state index contributed by atoms with van der Waals surface area (Å²) in [6.45, 7) is 3.60. The Morgan fingerprint density at radius 2 is 2.24 bits per heavy atom. The molecule has 1 heterocycles. The van der Waals surface area contributed by atoms with Crippen molar-refractivity contribution in [2.45, 2.75) is 25.8 Å². The average Bonchev–Trinajstić information content (AvgIpc) is 2.92. The van der Waals surface area contributed by atoms with E-state index < -0.39 is 5.91 Å². The lowest BCUT2D eigenvalue weighted by molar-refractivity contribution is -0.122. The number of rotatable bonds is 9. The highest BCUT2D eigenvalue weighted by atomic mass is 16.7. The largest absolute Gasteiger partial charge is 0.454 e. The molecule has 1 amide bonds. The smallest absolute Gasteiger partial charge is 0.243 e. The molecule has 1 aliphatic rings. The van der Waals surface area contributed by atoms with Gasteiger partial charge in [0.15, 0.2) is 11.5 Å². The van der Waals surface area contributed by atoms with Crippen LogP contribution in [0.15, 0.2) is 18.2 Å². The summed E-state index contributed by atoms with van der Waals surface area (Å²) in [6.07, 6.45) is 1.97. The number of benzene rings is 1. The number of aryl methyl sites for hydroxylation is 1. The minimum absolute atomic E-state index is 0.0206. The number of hydrogen-bond acceptors (Lipinski definition) is 5. The molecule has 0 spiro atoms. The van der Waals surface area contributed by atoms with E-state index in [0.717, 1.165) is 24.3 Å². The third kappa shape index (κ3) is 5.24. The van der Waals surface area contributed by atoms with E-state index in [9.17, 15) is 4.79 Å². The van der Waals surface area contributed by atoms with Crippen molar-refractivity contribution in [3.05, 3.63) is 23.8 Å². The number of fused-ring (bicyclic) bond motifs is 1. The fourth-order valence-corrected chi connectivity index (χ4v) is 2.13. The average molecular weight is 294 g/mol. The summed E-state index contributed by atoms with van der Waals surface area (Å²) in [5.41, 5.74) is 6.22. The molecule has 1 unspecified atom stereocenters. The Labute approximate surface area is 124 Å². The van der Waals surface area contributed by atoms with Crippen LogP contribution >= 0.6 is 0 Å². The van der Waals surface area contributed by atoms with Gasteiger partial charge in [0.2, 0.25) is 12.7 Å². The van der Waals surface area contributed by atoms with E-state index in [2.05, 4.69) is 18.3 Å². The molecule has 1 atom stereocenters. The van der Waals surface area contributed by atoms with Gasteiger partial charge in [0.05, 0.1) is 6.61 Å². The number of carbonyl (C=O) groups is 1. The molecule has 1 aliphatic heterocycles. The lowest BCUT2D eigenvalue weighted by atomic mass is 10.1. The van der Waals surface area contributed by atoms with Crippen LogP contribution in [0, 0.1) is 0 Å². The minimum Gasteiger partial charge on any atom is -0.454 e. The van der Waals surface area contributed by atoms with Crippen LogP contribution in [0.2, 0.25) is 0 Å². The zero-order chi connectivity index (χ0) is 15.1. The normalized spacial score (nSPS) is 14.1. The molecule has 0 saturated heterocycles. The summed E-state index contributed by atoms with van der Waals surface area (Å²) in [5.74, 6) is 1.20. The molecule has 0 saturated carbocycles. The highest BCUT2D eigenvalue weighted by molar-refractivity contribution is 5.74. The molecule has 0 aliphatic carbocycles. The lowest BCUT2D eigenvalue weighted by Crippen LogP contribution is -2.31. The van der Waals surface area contributed by atoms with E-state index in [1.807, 2.05) is 12.1 Å². The van der Waals surface area contributed by atoms with Gasteiger partial charge in [0.25, 0.3) is 0 Å². The summed E-state index contributed by atoms with van der Waals surface area (Å²) in [4.78, 5) is 10.5. The Bertz CT molecular complexity index is 479. The monoisotopic (exact) mass is 294 g/mol. The zero-order valence-electron chi connectivity index (χ0n) is 12.3. The van der Waals surface area contributed by atoms with Crippen molar-refractivity contribution >= 4 is 5.91 Å². The van der Waals surface area contributed by atoms with Gasteiger partial charge in [0.1, 0.15) is 6.61 Å². The van der Waals surface area contributed by atoms with Gasteiger partial charge in [-0.1, -0.05) is 6.07 Å². The SMILES string of the molecule is CC(CCc1ccc2c(c1)OCO2)NCCOCC(N)=O. The highest BCUT2D eigenvalue weighted by Gasteiger charge is 2.13. The summed E-state index contributed by atoms with van der Waals surface area (Å²) in [7, 11) is 0. The summed E-state index contributed by atoms with van der Waals surface area (Å²) in [5, 5.41) is 3.35. The van der Waals surface area contributed by atoms with Gasteiger partial charge in [0, 0.05) is 12.6 Å². The Balaban J connectivity index is 1.62. The van der Waals surface area contributed by atoms with Crippen LogP contribution < -0.4 is 20.5 Å². The van der Waals surface area contributed by atoms with Gasteiger partial charge in [-0.2, -0.15) is 0 Å². The highest BCUT2D eigenvalue weighted by Crippen LogP contribution is 2.32. The van der Waals surface area contributed by atoms with E-state index in [-0.39, 0.29) is 6.61 Å². The predicted molar refractivity (Wildman–Crippen MR) is 78.4 cm³/mol. The van der Waals surface area contributed by atoms with E-state index in [0.29, 0.717) is 26.0 Å². The predicted octanol–water partition coefficient (Wildman–Crippen LogP) is 0.828. The Hall–Kier alpha value is -1.79. The van der Waals surface area contributed by atoms with Crippen molar-refractivity contribution in [2.24, 2.45) is 5.73 Å². The van der Waals surface area contributed by atoms with E-state index >= 15 is 0 Å². The molecule has 0 radical (unpaired) electrons. The van der Waals surface area contributed by atoms with Crippen molar-refractivity contribution in [3.63, 3.8) is 0 Å². The van der Waals surface area contributed by atoms with Gasteiger partial charge >= 0.3 is 0 Å². The Morgan fingerprint density at radius 1 is 1.43 bits per heavy atom. The first kappa shape index (κ1) is 15.6. The second-order valence-electron chi connectivity index (χ2n) is 5.10. The fraction of sp³-hybridized carbons (Fsp3) is 0.533. The van der Waals surface area contributed by atoms with Crippen molar-refractivity contribution in [3.8, 4) is 11.5 Å². The molecule has 6 heteroatoms. The third-order valence-electron chi connectivity index (χ3n) is 3.29. The molecule has 3 N–H and O–H groups in total. The maximum absolute atomic E-state index is 10.5. The maximum Gasteiger partial charge on any atom is 0.243 e. The van der Waals surface area contributed by atoms with Gasteiger partial charge in [-0.05, 0) is 37.5 Å². The van der Waals surface area contributed by atoms with Crippen molar-refractivity contribution in [1.82, 2.24) is 5.32 Å². The first-order chi connectivity index (χ1) is 10.1. The molecule has 6 nitrogen and oxygen atoms in total. The molecule has 1 aromatic rings. The first-order valence-electron chi connectivity index (χ1n) is 7.13. The van der Waals surface area contributed by atoms with Gasteiger partial charge in [-0.15, -0.1) is 0 Å². The minimum atomic E-state index is -0.439. The number of nitrogens with one attached hydrogen (secondary N) is 1. The van der Waals surface area contributed by atoms with Crippen LogP contribution in [-0.4, -0.2) is 38.5 Å². The van der Waals surface area contributed by atoms with E-state index in [1.165, 1.54) is 5.56 Å². The summed E-state index contributed by atoms with van der Waals surface area (Å²) in [6, 6.07) is 6.42. The fourth-order valence-electron chi connectivity index (χ4n) is 2.13. The molecule has 0 fully saturated rings. The zero-order valence-corrected chi connectivity index (χ0v) is 12.3. The van der Waals surface area contributed by atoms with Gasteiger partial charge in [-0.3, -0.25) is 4.79 Å². The quantitative estimate of drug-likeness (QED) is 0.659. The van der Waals surface area contributed by atoms with Crippen LogP contribution in [0.5, 0.6) is 11.5 Å². The number of amides is 1. The standard InChI is InChI=1S/C15H22N2O4/c1-11(17-6-7-19-9-15(16)18)2-3-12-4-5-13-14(8-12)21-10-20-13/h4-5,8,11,17H,2-3,6-7,9-10H2,1H3,(H2,16,18). The first-order valence-corrected chi connectivity index (χ1v) is 7.13. The molecule has 21 heavy (non-hydrogen) atoms. The second-order valence-corrected chi connectivity index (χ2v) is 5.10. The molecule has 2 rings (SSSR count). The number of hydrogen-bond donors (Lipinski definition) is 2. The number of carbonyl (C=O) groups excluding carboxylic acids is 1. The van der Waals surface area contributed by atoms with Crippen LogP contribution in [-0.2, 0) is 16.0 Å². The van der Waals surface area contributed by atoms with E-state index in [4.69, 9.17) is 19.9 Å². The topological polar surface area (TPSA) is 82.8 Å². The number of nitrogens with two attached hydrogens (primary N) is 1. The molecule has 116 valence electrons. The maximum atomic E-state index is 10.5. The second kappa shape index (κ2) is 7.85. The summed E-state index contributed by atoms with van der Waals surface area (Å²) < 4.78 is 15.7. The van der Waals surface area contributed by atoms with Crippen LogP contribution in [0.3, 0.4) is 0 Å². The Kier molecular flexibility index (Phi) is 5.83. The van der Waals surface area contributed by atoms with Crippen molar-refractivity contribution in [2.75, 3.05) is 26.6 Å². The van der Waals surface area contributed by atoms with Crippen LogP contribution in [0.4, 0.5) is 0 Å². The lowest BCUT2D eigenvalue weighted by Gasteiger charge is -2.13. The van der Waals surface area contributed by atoms with Crippen LogP contribution in [0.25, 0.3) is 0 Å². The molecule has 0 aromatic heterocycles. The molecule has 1 aromatic carbocycles. The molecular formula is C15H22N2O4. The van der Waals surface area contributed by atoms with Gasteiger partial charge in [-0.25, -0.2) is 0 Å². The van der Waals surface area contributed by atoms with Gasteiger partial charge < -0.3 is 25.3 Å².